The zero-order valence-electron chi connectivity index (χ0n) is 19.6. The number of amides is 4. The minimum atomic E-state index is -0.568. The molecule has 1 atom stereocenters. The molecule has 182 valence electrons. The van der Waals surface area contributed by atoms with E-state index in [-0.39, 0.29) is 47.0 Å². The van der Waals surface area contributed by atoms with E-state index in [0.717, 1.165) is 24.2 Å². The van der Waals surface area contributed by atoms with Gasteiger partial charge in [0.25, 0.3) is 11.8 Å². The molecule has 5 aliphatic carbocycles. The van der Waals surface area contributed by atoms with Gasteiger partial charge in [0.15, 0.2) is 0 Å². The Labute approximate surface area is 200 Å². The Morgan fingerprint density at radius 3 is 2.35 bits per heavy atom. The molecule has 6 fully saturated rings. The fourth-order valence-corrected chi connectivity index (χ4v) is 8.26. The molecular formula is C26H34N4O4. The van der Waals surface area contributed by atoms with Crippen LogP contribution in [0.5, 0.6) is 5.88 Å². The number of hydrogen-bond acceptors (Lipinski definition) is 5. The van der Waals surface area contributed by atoms with Crippen molar-refractivity contribution in [2.24, 2.45) is 28.9 Å². The van der Waals surface area contributed by atoms with Gasteiger partial charge in [-0.1, -0.05) is 0 Å². The zero-order chi connectivity index (χ0) is 23.4. The molecule has 3 N–H and O–H groups in total. The van der Waals surface area contributed by atoms with Gasteiger partial charge in [0.05, 0.1) is 0 Å². The average Bonchev–Trinajstić information content (AvgIpc) is 3.06. The molecule has 1 unspecified atom stereocenters. The topological polar surface area (TPSA) is 115 Å². The lowest BCUT2D eigenvalue weighted by Crippen LogP contribution is -2.49. The molecule has 0 aromatic carbocycles. The van der Waals surface area contributed by atoms with Gasteiger partial charge in [-0.05, 0) is 106 Å². The minimum absolute atomic E-state index is 0.0362. The van der Waals surface area contributed by atoms with Gasteiger partial charge >= 0.3 is 6.03 Å². The molecule has 0 radical (unpaired) electrons. The quantitative estimate of drug-likeness (QED) is 0.624. The smallest absolute Gasteiger partial charge is 0.325 e. The molecule has 8 nitrogen and oxygen atoms in total. The number of nitrogens with zero attached hydrogens (tertiary/aromatic N) is 2. The number of urea groups is 1. The van der Waals surface area contributed by atoms with Crippen LogP contribution in [0.3, 0.4) is 0 Å². The van der Waals surface area contributed by atoms with Crippen LogP contribution in [0.15, 0.2) is 18.3 Å². The molecule has 2 heterocycles. The molecule has 1 aromatic rings. The second-order valence-electron chi connectivity index (χ2n) is 11.6. The molecule has 4 amide bonds. The molecule has 34 heavy (non-hydrogen) atoms. The average molecular weight is 467 g/mol. The Morgan fingerprint density at radius 1 is 1.09 bits per heavy atom. The normalized spacial score (nSPS) is 38.8. The summed E-state index contributed by atoms with van der Waals surface area (Å²) in [4.78, 5) is 43.5. The zero-order valence-corrected chi connectivity index (χ0v) is 19.6. The van der Waals surface area contributed by atoms with E-state index in [1.807, 2.05) is 0 Å². The number of imide groups is 1. The van der Waals surface area contributed by atoms with Gasteiger partial charge in [0.1, 0.15) is 17.7 Å². The van der Waals surface area contributed by atoms with Crippen LogP contribution in [-0.4, -0.2) is 45.9 Å². The van der Waals surface area contributed by atoms with E-state index in [1.54, 1.807) is 18.3 Å². The van der Waals surface area contributed by atoms with E-state index in [2.05, 4.69) is 10.3 Å². The SMILES string of the molecule is NC(=O)c1cccnc1OC1CCC(N2C(=O)NC(CC34CC5CC(CC(C5)C3)C4)C2=O)CC1. The maximum atomic E-state index is 13.4. The van der Waals surface area contributed by atoms with Crippen LogP contribution in [0.2, 0.25) is 0 Å². The number of hydrogen-bond donors (Lipinski definition) is 2. The Morgan fingerprint density at radius 2 is 1.74 bits per heavy atom. The number of aromatic nitrogens is 1. The molecule has 4 bridgehead atoms. The largest absolute Gasteiger partial charge is 0.474 e. The van der Waals surface area contributed by atoms with Crippen LogP contribution in [0.4, 0.5) is 4.79 Å². The highest BCUT2D eigenvalue weighted by molar-refractivity contribution is 6.04. The standard InChI is InChI=1S/C26H34N4O4/c27-22(31)20-2-1-7-28-23(20)34-19-5-3-18(4-6-19)30-24(32)21(29-25(30)33)14-26-11-15-8-16(12-26)10-17(9-15)13-26/h1-2,7,15-19,21H,3-6,8-14H2,(H2,27,31)(H,29,33). The molecule has 7 rings (SSSR count). The second kappa shape index (κ2) is 8.24. The number of nitrogens with one attached hydrogen (secondary N) is 1. The highest BCUT2D eigenvalue weighted by Crippen LogP contribution is 2.61. The predicted octanol–water partition coefficient (Wildman–Crippen LogP) is 3.40. The number of nitrogens with two attached hydrogens (primary N) is 1. The highest BCUT2D eigenvalue weighted by Gasteiger charge is 2.54. The van der Waals surface area contributed by atoms with E-state index in [1.165, 1.54) is 43.4 Å². The fraction of sp³-hybridized carbons (Fsp3) is 0.692. The first-order chi connectivity index (χ1) is 16.4. The third-order valence-corrected chi connectivity index (χ3v) is 9.18. The number of primary amides is 1. The Kier molecular flexibility index (Phi) is 5.30. The lowest BCUT2D eigenvalue weighted by atomic mass is 9.48. The van der Waals surface area contributed by atoms with Crippen LogP contribution in [0, 0.1) is 23.2 Å². The first-order valence-corrected chi connectivity index (χ1v) is 12.9. The van der Waals surface area contributed by atoms with E-state index in [9.17, 15) is 14.4 Å². The van der Waals surface area contributed by atoms with Crippen molar-refractivity contribution in [2.75, 3.05) is 0 Å². The number of ether oxygens (including phenoxy) is 1. The van der Waals surface area contributed by atoms with Gasteiger partial charge in [0, 0.05) is 12.2 Å². The maximum Gasteiger partial charge on any atom is 0.325 e. The lowest BCUT2D eigenvalue weighted by Gasteiger charge is -2.57. The van der Waals surface area contributed by atoms with Crippen LogP contribution in [-0.2, 0) is 4.79 Å². The maximum absolute atomic E-state index is 13.4. The van der Waals surface area contributed by atoms with Crippen molar-refractivity contribution in [1.82, 2.24) is 15.2 Å². The van der Waals surface area contributed by atoms with Crippen molar-refractivity contribution in [3.63, 3.8) is 0 Å². The van der Waals surface area contributed by atoms with Crippen LogP contribution in [0.1, 0.15) is 81.0 Å². The molecule has 1 saturated heterocycles. The molecule has 5 saturated carbocycles. The molecule has 1 aromatic heterocycles. The first-order valence-electron chi connectivity index (χ1n) is 12.9. The second-order valence-corrected chi connectivity index (χ2v) is 11.6. The van der Waals surface area contributed by atoms with Crippen LogP contribution in [0.25, 0.3) is 0 Å². The van der Waals surface area contributed by atoms with Crippen molar-refractivity contribution in [1.29, 1.82) is 0 Å². The summed E-state index contributed by atoms with van der Waals surface area (Å²) < 4.78 is 5.98. The summed E-state index contributed by atoms with van der Waals surface area (Å²) in [6, 6.07) is 2.55. The van der Waals surface area contributed by atoms with Crippen molar-refractivity contribution >= 4 is 17.8 Å². The monoisotopic (exact) mass is 466 g/mol. The Hall–Kier alpha value is -2.64. The van der Waals surface area contributed by atoms with Gasteiger partial charge in [-0.2, -0.15) is 0 Å². The van der Waals surface area contributed by atoms with Crippen molar-refractivity contribution in [3.05, 3.63) is 23.9 Å². The summed E-state index contributed by atoms with van der Waals surface area (Å²) in [7, 11) is 0. The Bertz CT molecular complexity index is 967. The third kappa shape index (κ3) is 3.85. The number of rotatable bonds is 6. The van der Waals surface area contributed by atoms with Crippen LogP contribution < -0.4 is 15.8 Å². The molecular weight excluding hydrogens is 432 g/mol. The predicted molar refractivity (Wildman–Crippen MR) is 124 cm³/mol. The summed E-state index contributed by atoms with van der Waals surface area (Å²) in [5.74, 6) is 2.15. The van der Waals surface area contributed by atoms with Crippen molar-refractivity contribution in [2.45, 2.75) is 88.8 Å². The first kappa shape index (κ1) is 21.9. The van der Waals surface area contributed by atoms with E-state index in [4.69, 9.17) is 10.5 Å². The number of pyridine rings is 1. The van der Waals surface area contributed by atoms with E-state index >= 15 is 0 Å². The van der Waals surface area contributed by atoms with Crippen molar-refractivity contribution < 1.29 is 19.1 Å². The Balaban J connectivity index is 1.07. The number of carbonyl (C=O) groups excluding carboxylic acids is 3. The van der Waals surface area contributed by atoms with Gasteiger partial charge in [-0.15, -0.1) is 0 Å². The molecule has 0 spiro atoms. The highest BCUT2D eigenvalue weighted by atomic mass is 16.5. The number of carbonyl (C=O) groups is 3. The van der Waals surface area contributed by atoms with Gasteiger partial charge in [0.2, 0.25) is 5.88 Å². The summed E-state index contributed by atoms with van der Waals surface area (Å²) in [5, 5.41) is 3.04. The van der Waals surface area contributed by atoms with Crippen LogP contribution >= 0.6 is 0 Å². The molecule has 1 aliphatic heterocycles. The van der Waals surface area contributed by atoms with Crippen molar-refractivity contribution in [3.8, 4) is 5.88 Å². The summed E-state index contributed by atoms with van der Waals surface area (Å²) in [5.41, 5.74) is 5.95. The minimum Gasteiger partial charge on any atom is -0.474 e. The molecule has 8 heteroatoms. The molecule has 6 aliphatic rings. The summed E-state index contributed by atoms with van der Waals surface area (Å²) in [6.07, 6.45) is 12.9. The third-order valence-electron chi connectivity index (χ3n) is 9.18. The summed E-state index contributed by atoms with van der Waals surface area (Å²) in [6.45, 7) is 0. The lowest BCUT2D eigenvalue weighted by molar-refractivity contribution is -0.132. The fourth-order valence-electron chi connectivity index (χ4n) is 8.26. The van der Waals surface area contributed by atoms with E-state index < -0.39 is 5.91 Å². The summed E-state index contributed by atoms with van der Waals surface area (Å²) >= 11 is 0. The van der Waals surface area contributed by atoms with Gasteiger partial charge in [-0.25, -0.2) is 9.78 Å². The van der Waals surface area contributed by atoms with E-state index in [0.29, 0.717) is 25.7 Å². The van der Waals surface area contributed by atoms with Gasteiger partial charge in [-0.3, -0.25) is 14.5 Å². The van der Waals surface area contributed by atoms with Gasteiger partial charge < -0.3 is 15.8 Å².